The second-order valence-corrected chi connectivity index (χ2v) is 9.34. The summed E-state index contributed by atoms with van der Waals surface area (Å²) < 4.78 is 19.1. The fourth-order valence-electron chi connectivity index (χ4n) is 4.14. The van der Waals surface area contributed by atoms with Crippen molar-refractivity contribution >= 4 is 62.6 Å². The monoisotopic (exact) mass is 541 g/mol. The van der Waals surface area contributed by atoms with Crippen molar-refractivity contribution in [1.29, 1.82) is 0 Å². The minimum Gasteiger partial charge on any atom is -0.486 e. The molecule has 0 fully saturated rings. The highest BCUT2D eigenvalue weighted by atomic mass is 35.5. The number of carbonyl (C=O) groups excluding carboxylic acids is 1. The van der Waals surface area contributed by atoms with Crippen LogP contribution in [-0.2, 0) is 25.0 Å². The van der Waals surface area contributed by atoms with Gasteiger partial charge in [-0.05, 0) is 54.6 Å². The van der Waals surface area contributed by atoms with E-state index in [-0.39, 0.29) is 13.2 Å². The van der Waals surface area contributed by atoms with Crippen molar-refractivity contribution in [3.05, 3.63) is 109 Å². The fourth-order valence-corrected chi connectivity index (χ4v) is 4.79. The van der Waals surface area contributed by atoms with Gasteiger partial charge in [-0.25, -0.2) is 9.59 Å². The number of halogens is 3. The number of fused-ring (bicyclic) bond motifs is 3. The Morgan fingerprint density at radius 1 is 0.944 bits per heavy atom. The van der Waals surface area contributed by atoms with E-state index >= 15 is 0 Å². The van der Waals surface area contributed by atoms with Crippen molar-refractivity contribution in [3.63, 3.8) is 0 Å². The Morgan fingerprint density at radius 2 is 1.75 bits per heavy atom. The first-order valence-electron chi connectivity index (χ1n) is 10.9. The number of aromatic nitrogens is 1. The summed E-state index contributed by atoms with van der Waals surface area (Å²) in [4.78, 5) is 24.6. The smallest absolute Gasteiger partial charge is 0.338 e. The van der Waals surface area contributed by atoms with E-state index < -0.39 is 11.6 Å². The molecule has 182 valence electrons. The van der Waals surface area contributed by atoms with Gasteiger partial charge in [0, 0.05) is 45.0 Å². The Kier molecular flexibility index (Phi) is 6.67. The van der Waals surface area contributed by atoms with Crippen molar-refractivity contribution in [2.45, 2.75) is 13.2 Å². The van der Waals surface area contributed by atoms with Crippen molar-refractivity contribution in [3.8, 4) is 5.75 Å². The van der Waals surface area contributed by atoms with E-state index in [4.69, 9.17) is 48.7 Å². The molecule has 36 heavy (non-hydrogen) atoms. The van der Waals surface area contributed by atoms with Gasteiger partial charge in [0.2, 0.25) is 0 Å². The number of carbonyl (C=O) groups is 1. The van der Waals surface area contributed by atoms with Crippen LogP contribution in [0.5, 0.6) is 5.75 Å². The summed E-state index contributed by atoms with van der Waals surface area (Å²) in [5.74, 6) is -0.0575. The maximum absolute atomic E-state index is 12.8. The lowest BCUT2D eigenvalue weighted by Gasteiger charge is -2.12. The van der Waals surface area contributed by atoms with Gasteiger partial charge in [0.25, 0.3) is 0 Å². The van der Waals surface area contributed by atoms with Crippen molar-refractivity contribution < 1.29 is 18.7 Å². The minimum atomic E-state index is -0.520. The van der Waals surface area contributed by atoms with E-state index in [2.05, 4.69) is 0 Å². The van der Waals surface area contributed by atoms with Crippen LogP contribution in [0.3, 0.4) is 0 Å². The molecule has 6 nitrogen and oxygen atoms in total. The molecule has 0 aliphatic rings. The van der Waals surface area contributed by atoms with Crippen molar-refractivity contribution in [1.82, 2.24) is 4.57 Å². The minimum absolute atomic E-state index is 0.0476. The van der Waals surface area contributed by atoms with Crippen LogP contribution in [0.2, 0.25) is 15.1 Å². The summed E-state index contributed by atoms with van der Waals surface area (Å²) in [6.45, 7) is 0.0861. The highest BCUT2D eigenvalue weighted by molar-refractivity contribution is 6.35. The van der Waals surface area contributed by atoms with E-state index in [0.29, 0.717) is 42.9 Å². The molecule has 3 aromatic carbocycles. The molecule has 0 unspecified atom stereocenters. The van der Waals surface area contributed by atoms with Crippen molar-refractivity contribution in [2.24, 2.45) is 7.05 Å². The van der Waals surface area contributed by atoms with Crippen LogP contribution in [0.1, 0.15) is 21.6 Å². The number of hydrogen-bond donors (Lipinski definition) is 0. The van der Waals surface area contributed by atoms with Gasteiger partial charge in [0.1, 0.15) is 24.5 Å². The van der Waals surface area contributed by atoms with Crippen LogP contribution in [0.4, 0.5) is 0 Å². The van der Waals surface area contributed by atoms with Gasteiger partial charge in [-0.1, -0.05) is 40.9 Å². The first kappa shape index (κ1) is 24.3. The molecule has 0 spiro atoms. The normalized spacial score (nSPS) is 11.2. The molecular formula is C27H18Cl3NO5. The third-order valence-corrected chi connectivity index (χ3v) is 6.63. The molecule has 0 saturated carbocycles. The van der Waals surface area contributed by atoms with E-state index in [1.165, 1.54) is 6.07 Å². The summed E-state index contributed by atoms with van der Waals surface area (Å²) in [7, 11) is 1.89. The molecule has 0 atom stereocenters. The van der Waals surface area contributed by atoms with E-state index in [1.807, 2.05) is 17.7 Å². The lowest BCUT2D eigenvalue weighted by Crippen LogP contribution is -2.09. The molecule has 0 radical (unpaired) electrons. The molecule has 9 heteroatoms. The summed E-state index contributed by atoms with van der Waals surface area (Å²) in [6.07, 6.45) is 0. The largest absolute Gasteiger partial charge is 0.486 e. The number of esters is 1. The molecule has 0 aliphatic carbocycles. The van der Waals surface area contributed by atoms with Crippen LogP contribution in [0, 0.1) is 0 Å². The number of benzene rings is 3. The van der Waals surface area contributed by atoms with Gasteiger partial charge in [0.15, 0.2) is 0 Å². The van der Waals surface area contributed by atoms with Gasteiger partial charge in [0.05, 0.1) is 16.3 Å². The zero-order valence-electron chi connectivity index (χ0n) is 18.9. The summed E-state index contributed by atoms with van der Waals surface area (Å²) in [5.41, 5.74) is 2.64. The highest BCUT2D eigenvalue weighted by Crippen LogP contribution is 2.34. The number of aryl methyl sites for hydroxylation is 1. The molecular weight excluding hydrogens is 525 g/mol. The molecule has 0 N–H and O–H groups in total. The summed E-state index contributed by atoms with van der Waals surface area (Å²) in [5, 5.41) is 2.82. The van der Waals surface area contributed by atoms with Crippen LogP contribution >= 0.6 is 34.8 Å². The SMILES string of the molecule is Cn1c(COc2ccc(Cl)cc2Cl)c(COC(=O)c2cccc(Cl)c2)c2c3ccc(=O)oc3ccc21. The summed E-state index contributed by atoms with van der Waals surface area (Å²) >= 11 is 18.3. The zero-order valence-corrected chi connectivity index (χ0v) is 21.2. The Balaban J connectivity index is 1.58. The van der Waals surface area contributed by atoms with E-state index in [0.717, 1.165) is 16.6 Å². The first-order chi connectivity index (χ1) is 17.3. The average Bonchev–Trinajstić information content (AvgIpc) is 3.12. The van der Waals surface area contributed by atoms with Crippen LogP contribution in [-0.4, -0.2) is 10.5 Å². The number of rotatable bonds is 6. The number of nitrogens with zero attached hydrogens (tertiary/aromatic N) is 1. The lowest BCUT2D eigenvalue weighted by atomic mass is 10.1. The molecule has 0 saturated heterocycles. The Morgan fingerprint density at radius 3 is 2.53 bits per heavy atom. The maximum Gasteiger partial charge on any atom is 0.338 e. The standard InChI is InChI=1S/C27H18Cl3NO5/c1-31-21-7-9-23-18(6-10-25(32)36-23)26(21)19(13-35-27(33)15-3-2-4-16(28)11-15)22(31)14-34-24-8-5-17(29)12-20(24)30/h2-12H,13-14H2,1H3. The predicted molar refractivity (Wildman–Crippen MR) is 140 cm³/mol. The van der Waals surface area contributed by atoms with Gasteiger partial charge >= 0.3 is 11.6 Å². The Hall–Kier alpha value is -3.45. The fraction of sp³-hybridized carbons (Fsp3) is 0.111. The van der Waals surface area contributed by atoms with Crippen LogP contribution in [0.15, 0.2) is 75.9 Å². The Labute approximate surface area is 220 Å². The molecule has 0 bridgehead atoms. The second kappa shape index (κ2) is 9.90. The molecule has 5 rings (SSSR count). The molecule has 0 amide bonds. The van der Waals surface area contributed by atoms with Gasteiger partial charge in [-0.15, -0.1) is 0 Å². The number of hydrogen-bond acceptors (Lipinski definition) is 5. The predicted octanol–water partition coefficient (Wildman–Crippen LogP) is 7.18. The first-order valence-corrected chi connectivity index (χ1v) is 12.0. The highest BCUT2D eigenvalue weighted by Gasteiger charge is 2.21. The average molecular weight is 543 g/mol. The molecule has 2 aromatic heterocycles. The maximum atomic E-state index is 12.8. The van der Waals surface area contributed by atoms with Crippen LogP contribution < -0.4 is 10.4 Å². The van der Waals surface area contributed by atoms with Crippen LogP contribution in [0.25, 0.3) is 21.9 Å². The quantitative estimate of drug-likeness (QED) is 0.168. The third-order valence-electron chi connectivity index (χ3n) is 5.86. The molecule has 2 heterocycles. The van der Waals surface area contributed by atoms with Gasteiger partial charge < -0.3 is 18.5 Å². The van der Waals surface area contributed by atoms with Gasteiger partial charge in [-0.3, -0.25) is 0 Å². The zero-order chi connectivity index (χ0) is 25.4. The summed E-state index contributed by atoms with van der Waals surface area (Å²) in [6, 6.07) is 18.2. The third kappa shape index (κ3) is 4.67. The topological polar surface area (TPSA) is 70.7 Å². The molecule has 0 aliphatic heterocycles. The number of ether oxygens (including phenoxy) is 2. The Bertz CT molecular complexity index is 1690. The van der Waals surface area contributed by atoms with Crippen molar-refractivity contribution in [2.75, 3.05) is 0 Å². The van der Waals surface area contributed by atoms with E-state index in [1.54, 1.807) is 54.6 Å². The lowest BCUT2D eigenvalue weighted by molar-refractivity contribution is 0.0472. The van der Waals surface area contributed by atoms with Gasteiger partial charge in [-0.2, -0.15) is 0 Å². The van der Waals surface area contributed by atoms with E-state index in [9.17, 15) is 9.59 Å². The molecule has 5 aromatic rings. The second-order valence-electron chi connectivity index (χ2n) is 8.06.